The Kier molecular flexibility index (Phi) is 8.75. The average molecular weight is 205 g/mol. The van der Waals surface area contributed by atoms with Crippen LogP contribution in [0.1, 0.15) is 33.6 Å². The van der Waals surface area contributed by atoms with Crippen molar-refractivity contribution in [1.29, 1.82) is 0 Å². The minimum absolute atomic E-state index is 0.449. The zero-order valence-corrected chi connectivity index (χ0v) is 10.5. The Morgan fingerprint density at radius 2 is 1.69 bits per heavy atom. The molecular weight excluding hydrogens is 182 g/mol. The fraction of sp³-hybridized carbons (Fsp3) is 1.00. The first-order valence-electron chi connectivity index (χ1n) is 5.20. The summed E-state index contributed by atoms with van der Waals surface area (Å²) in [5.41, 5.74) is 0.449. The maximum atomic E-state index is 5.64. The highest BCUT2D eigenvalue weighted by molar-refractivity contribution is 6.46. The highest BCUT2D eigenvalue weighted by Crippen LogP contribution is 2.04. The van der Waals surface area contributed by atoms with Gasteiger partial charge in [0.15, 0.2) is 0 Å². The maximum absolute atomic E-state index is 5.64. The van der Waals surface area contributed by atoms with Crippen LogP contribution in [0.15, 0.2) is 0 Å². The van der Waals surface area contributed by atoms with Crippen molar-refractivity contribution >= 4 is 9.28 Å². The molecule has 0 saturated carbocycles. The minimum Gasteiger partial charge on any atom is -0.396 e. The summed E-state index contributed by atoms with van der Waals surface area (Å²) in [6.45, 7) is 7.76. The van der Waals surface area contributed by atoms with E-state index in [1.807, 2.05) is 20.9 Å². The predicted molar refractivity (Wildman–Crippen MR) is 58.2 cm³/mol. The Labute approximate surface area is 83.7 Å². The molecule has 13 heavy (non-hydrogen) atoms. The van der Waals surface area contributed by atoms with Gasteiger partial charge >= 0.3 is 9.28 Å². The molecule has 80 valence electrons. The van der Waals surface area contributed by atoms with Crippen molar-refractivity contribution in [2.24, 2.45) is 0 Å². The van der Waals surface area contributed by atoms with Gasteiger partial charge < -0.3 is 14.2 Å². The first-order valence-corrected chi connectivity index (χ1v) is 6.81. The summed E-state index contributed by atoms with van der Waals surface area (Å²) in [6.07, 6.45) is 2.32. The maximum Gasteiger partial charge on any atom is 0.338 e. The van der Waals surface area contributed by atoms with Crippen molar-refractivity contribution in [2.45, 2.75) is 39.3 Å². The standard InChI is InChI=1S/C9H23NO2Si/c1-5-8-9(10-4)13(11-6-2)12-7-3/h9-10,13H,5-8H2,1-4H3. The second kappa shape index (κ2) is 8.68. The lowest BCUT2D eigenvalue weighted by Gasteiger charge is -2.23. The summed E-state index contributed by atoms with van der Waals surface area (Å²) < 4.78 is 11.3. The fourth-order valence-corrected chi connectivity index (χ4v) is 3.43. The second-order valence-electron chi connectivity index (χ2n) is 2.96. The molecule has 3 nitrogen and oxygen atoms in total. The van der Waals surface area contributed by atoms with Crippen LogP contribution in [0.3, 0.4) is 0 Å². The van der Waals surface area contributed by atoms with Crippen LogP contribution in [0.5, 0.6) is 0 Å². The molecule has 0 aromatic heterocycles. The van der Waals surface area contributed by atoms with Gasteiger partial charge in [-0.15, -0.1) is 0 Å². The molecule has 0 amide bonds. The van der Waals surface area contributed by atoms with E-state index in [0.717, 1.165) is 19.6 Å². The summed E-state index contributed by atoms with van der Waals surface area (Å²) in [4.78, 5) is 0. The van der Waals surface area contributed by atoms with Crippen molar-refractivity contribution in [2.75, 3.05) is 20.3 Å². The van der Waals surface area contributed by atoms with Gasteiger partial charge in [0.1, 0.15) is 0 Å². The van der Waals surface area contributed by atoms with Gasteiger partial charge in [0.25, 0.3) is 0 Å². The first kappa shape index (κ1) is 13.1. The Morgan fingerprint density at radius 1 is 1.15 bits per heavy atom. The topological polar surface area (TPSA) is 30.5 Å². The monoisotopic (exact) mass is 205 g/mol. The third kappa shape index (κ3) is 5.41. The number of hydrogen-bond acceptors (Lipinski definition) is 3. The molecule has 0 spiro atoms. The molecule has 1 N–H and O–H groups in total. The average Bonchev–Trinajstić information content (AvgIpc) is 2.14. The van der Waals surface area contributed by atoms with E-state index in [-0.39, 0.29) is 0 Å². The van der Waals surface area contributed by atoms with Crippen molar-refractivity contribution in [3.8, 4) is 0 Å². The van der Waals surface area contributed by atoms with E-state index in [1.54, 1.807) is 0 Å². The molecule has 1 unspecified atom stereocenters. The van der Waals surface area contributed by atoms with E-state index in [0.29, 0.717) is 5.67 Å². The largest absolute Gasteiger partial charge is 0.396 e. The molecule has 0 rings (SSSR count). The van der Waals surface area contributed by atoms with Crippen LogP contribution in [-0.2, 0) is 8.85 Å². The van der Waals surface area contributed by atoms with E-state index < -0.39 is 9.28 Å². The molecule has 0 aliphatic heterocycles. The van der Waals surface area contributed by atoms with Crippen molar-refractivity contribution in [3.05, 3.63) is 0 Å². The van der Waals surface area contributed by atoms with Crippen LogP contribution in [0.4, 0.5) is 0 Å². The SMILES string of the molecule is CCCC(NC)[SiH](OCC)OCC. The molecule has 0 aromatic carbocycles. The quantitative estimate of drug-likeness (QED) is 0.604. The van der Waals surface area contributed by atoms with Gasteiger partial charge in [0.05, 0.1) is 0 Å². The molecule has 0 radical (unpaired) electrons. The number of rotatable bonds is 8. The molecule has 0 aromatic rings. The van der Waals surface area contributed by atoms with Gasteiger partial charge in [-0.05, 0) is 27.3 Å². The third-order valence-corrected chi connectivity index (χ3v) is 4.61. The van der Waals surface area contributed by atoms with Gasteiger partial charge in [-0.3, -0.25) is 0 Å². The second-order valence-corrected chi connectivity index (χ2v) is 5.17. The minimum atomic E-state index is -1.48. The summed E-state index contributed by atoms with van der Waals surface area (Å²) >= 11 is 0. The zero-order chi connectivity index (χ0) is 10.1. The van der Waals surface area contributed by atoms with Gasteiger partial charge in [0, 0.05) is 18.9 Å². The molecule has 0 aliphatic rings. The molecule has 0 saturated heterocycles. The molecule has 1 atom stereocenters. The van der Waals surface area contributed by atoms with E-state index in [1.165, 1.54) is 6.42 Å². The number of hydrogen-bond donors (Lipinski definition) is 1. The molecule has 0 bridgehead atoms. The van der Waals surface area contributed by atoms with E-state index >= 15 is 0 Å². The third-order valence-electron chi connectivity index (χ3n) is 1.96. The van der Waals surface area contributed by atoms with E-state index in [9.17, 15) is 0 Å². The van der Waals surface area contributed by atoms with Gasteiger partial charge in [0.2, 0.25) is 0 Å². The fourth-order valence-electron chi connectivity index (χ4n) is 1.34. The van der Waals surface area contributed by atoms with E-state index in [2.05, 4.69) is 12.2 Å². The molecule has 0 heterocycles. The van der Waals surface area contributed by atoms with Crippen molar-refractivity contribution in [3.63, 3.8) is 0 Å². The lowest BCUT2D eigenvalue weighted by molar-refractivity contribution is 0.199. The normalized spacial score (nSPS) is 13.6. The Balaban J connectivity index is 3.94. The van der Waals surface area contributed by atoms with Gasteiger partial charge in [-0.25, -0.2) is 0 Å². The molecule has 0 fully saturated rings. The molecular formula is C9H23NO2Si. The van der Waals surface area contributed by atoms with Crippen LogP contribution in [0, 0.1) is 0 Å². The Morgan fingerprint density at radius 3 is 2.00 bits per heavy atom. The Bertz CT molecular complexity index is 108. The number of nitrogens with one attached hydrogen (secondary N) is 1. The van der Waals surface area contributed by atoms with Crippen LogP contribution in [0.2, 0.25) is 0 Å². The van der Waals surface area contributed by atoms with Crippen LogP contribution in [0.25, 0.3) is 0 Å². The van der Waals surface area contributed by atoms with E-state index in [4.69, 9.17) is 8.85 Å². The Hall–Kier alpha value is 0.0969. The van der Waals surface area contributed by atoms with Crippen molar-refractivity contribution < 1.29 is 8.85 Å². The van der Waals surface area contributed by atoms with Gasteiger partial charge in [-0.2, -0.15) is 0 Å². The predicted octanol–water partition coefficient (Wildman–Crippen LogP) is 1.21. The lowest BCUT2D eigenvalue weighted by atomic mass is 10.3. The van der Waals surface area contributed by atoms with Crippen LogP contribution < -0.4 is 5.32 Å². The summed E-state index contributed by atoms with van der Waals surface area (Å²) in [6, 6.07) is 0. The summed E-state index contributed by atoms with van der Waals surface area (Å²) in [5, 5.41) is 3.28. The van der Waals surface area contributed by atoms with Crippen LogP contribution in [-0.4, -0.2) is 35.2 Å². The zero-order valence-electron chi connectivity index (χ0n) is 9.30. The van der Waals surface area contributed by atoms with Crippen LogP contribution >= 0.6 is 0 Å². The molecule has 4 heteroatoms. The highest BCUT2D eigenvalue weighted by atomic mass is 28.3. The molecule has 0 aliphatic carbocycles. The van der Waals surface area contributed by atoms with Crippen molar-refractivity contribution in [1.82, 2.24) is 5.32 Å². The summed E-state index contributed by atoms with van der Waals surface area (Å²) in [7, 11) is 0.507. The van der Waals surface area contributed by atoms with Gasteiger partial charge in [-0.1, -0.05) is 13.3 Å². The smallest absolute Gasteiger partial charge is 0.338 e. The first-order chi connectivity index (χ1) is 6.29. The highest BCUT2D eigenvalue weighted by Gasteiger charge is 2.23. The lowest BCUT2D eigenvalue weighted by Crippen LogP contribution is -2.45. The summed E-state index contributed by atoms with van der Waals surface area (Å²) in [5.74, 6) is 0.